The van der Waals surface area contributed by atoms with E-state index in [1.54, 1.807) is 25.1 Å². The lowest BCUT2D eigenvalue weighted by molar-refractivity contribution is 0.169. The zero-order chi connectivity index (χ0) is 17.7. The van der Waals surface area contributed by atoms with Crippen LogP contribution in [0.25, 0.3) is 0 Å². The van der Waals surface area contributed by atoms with E-state index in [0.717, 1.165) is 6.07 Å². The second-order valence-electron chi connectivity index (χ2n) is 5.46. The molecule has 0 saturated carbocycles. The molecule has 2 aromatic rings. The minimum atomic E-state index is -0.833. The lowest BCUT2D eigenvalue weighted by Crippen LogP contribution is -2.25. The quantitative estimate of drug-likeness (QED) is 0.813. The maximum Gasteiger partial charge on any atom is 0.130 e. The molecule has 0 aliphatic heterocycles. The van der Waals surface area contributed by atoms with E-state index < -0.39 is 17.7 Å². The Kier molecular flexibility index (Phi) is 6.11. The largest absolute Gasteiger partial charge is 0.497 e. The highest BCUT2D eigenvalue weighted by Gasteiger charge is 2.15. The summed E-state index contributed by atoms with van der Waals surface area (Å²) < 4.78 is 37.1. The number of nitrogens with one attached hydrogen (secondary N) is 1. The Bertz CT molecular complexity index is 672. The highest BCUT2D eigenvalue weighted by Crippen LogP contribution is 2.27. The Morgan fingerprint density at radius 3 is 2.21 bits per heavy atom. The van der Waals surface area contributed by atoms with Crippen LogP contribution in [-0.2, 0) is 0 Å². The summed E-state index contributed by atoms with van der Waals surface area (Å²) in [6.45, 7) is 1.93. The van der Waals surface area contributed by atoms with Crippen LogP contribution in [0, 0.1) is 11.6 Å². The molecule has 0 aliphatic carbocycles. The van der Waals surface area contributed by atoms with E-state index >= 15 is 0 Å². The molecule has 0 aliphatic rings. The maximum absolute atomic E-state index is 13.8. The average Bonchev–Trinajstić information content (AvgIpc) is 2.58. The van der Waals surface area contributed by atoms with E-state index in [-0.39, 0.29) is 12.6 Å². The lowest BCUT2D eigenvalue weighted by Gasteiger charge is -2.19. The van der Waals surface area contributed by atoms with Crippen LogP contribution in [0.15, 0.2) is 36.4 Å². The number of hydrogen-bond donors (Lipinski definition) is 2. The molecule has 0 amide bonds. The molecule has 130 valence electrons. The summed E-state index contributed by atoms with van der Waals surface area (Å²) in [5.41, 5.74) is 0.956. The maximum atomic E-state index is 13.8. The molecule has 4 nitrogen and oxygen atoms in total. The Morgan fingerprint density at radius 1 is 1.04 bits per heavy atom. The van der Waals surface area contributed by atoms with Gasteiger partial charge in [0.15, 0.2) is 0 Å². The van der Waals surface area contributed by atoms with E-state index in [1.807, 2.05) is 0 Å². The summed E-state index contributed by atoms with van der Waals surface area (Å²) in [7, 11) is 3.06. The van der Waals surface area contributed by atoms with Gasteiger partial charge in [0.25, 0.3) is 0 Å². The van der Waals surface area contributed by atoms with Crippen molar-refractivity contribution in [2.75, 3.05) is 20.8 Å². The number of halogens is 2. The van der Waals surface area contributed by atoms with Crippen molar-refractivity contribution in [3.8, 4) is 11.5 Å². The van der Waals surface area contributed by atoms with Gasteiger partial charge < -0.3 is 19.9 Å². The summed E-state index contributed by atoms with van der Waals surface area (Å²) in [6, 6.07) is 8.18. The summed E-state index contributed by atoms with van der Waals surface area (Å²) in [6.07, 6.45) is -0.833. The minimum Gasteiger partial charge on any atom is -0.497 e. The van der Waals surface area contributed by atoms with Crippen molar-refractivity contribution in [1.82, 2.24) is 5.32 Å². The van der Waals surface area contributed by atoms with Crippen molar-refractivity contribution in [2.24, 2.45) is 0 Å². The van der Waals surface area contributed by atoms with E-state index in [2.05, 4.69) is 5.32 Å². The van der Waals surface area contributed by atoms with Gasteiger partial charge in [0.2, 0.25) is 0 Å². The third-order valence-corrected chi connectivity index (χ3v) is 3.80. The van der Waals surface area contributed by atoms with Crippen molar-refractivity contribution in [1.29, 1.82) is 0 Å². The van der Waals surface area contributed by atoms with Crippen molar-refractivity contribution in [3.63, 3.8) is 0 Å². The monoisotopic (exact) mass is 337 g/mol. The molecule has 2 aromatic carbocycles. The Morgan fingerprint density at radius 2 is 1.67 bits per heavy atom. The van der Waals surface area contributed by atoms with Gasteiger partial charge >= 0.3 is 0 Å². The molecular weight excluding hydrogens is 316 g/mol. The average molecular weight is 337 g/mol. The van der Waals surface area contributed by atoms with Gasteiger partial charge in [-0.1, -0.05) is 6.07 Å². The van der Waals surface area contributed by atoms with Crippen LogP contribution < -0.4 is 14.8 Å². The second-order valence-corrected chi connectivity index (χ2v) is 5.46. The molecule has 0 saturated heterocycles. The predicted octanol–water partition coefficient (Wildman–Crippen LogP) is 3.37. The van der Waals surface area contributed by atoms with Crippen LogP contribution in [0.2, 0.25) is 0 Å². The topological polar surface area (TPSA) is 50.7 Å². The van der Waals surface area contributed by atoms with Crippen LogP contribution in [0.3, 0.4) is 0 Å². The van der Waals surface area contributed by atoms with Crippen molar-refractivity contribution < 1.29 is 23.4 Å². The second kappa shape index (κ2) is 8.08. The van der Waals surface area contributed by atoms with Gasteiger partial charge in [-0.05, 0) is 30.7 Å². The van der Waals surface area contributed by atoms with Crippen LogP contribution in [0.5, 0.6) is 11.5 Å². The van der Waals surface area contributed by atoms with Gasteiger partial charge in [-0.15, -0.1) is 0 Å². The van der Waals surface area contributed by atoms with E-state index in [1.165, 1.54) is 26.4 Å². The zero-order valence-corrected chi connectivity index (χ0v) is 13.8. The van der Waals surface area contributed by atoms with E-state index in [9.17, 15) is 13.9 Å². The van der Waals surface area contributed by atoms with Crippen molar-refractivity contribution in [2.45, 2.75) is 19.1 Å². The molecular formula is C18H21F2NO3. The standard InChI is InChI=1S/C18H21F2NO3/c1-11(16-5-4-13(19)8-17(16)20)21-10-18(22)12-6-14(23-2)9-15(7-12)24-3/h4-9,11,18,21-22H,10H2,1-3H3. The number of benzene rings is 2. The fourth-order valence-corrected chi connectivity index (χ4v) is 2.39. The van der Waals surface area contributed by atoms with Crippen LogP contribution >= 0.6 is 0 Å². The van der Waals surface area contributed by atoms with Crippen LogP contribution in [0.4, 0.5) is 8.78 Å². The highest BCUT2D eigenvalue weighted by molar-refractivity contribution is 5.39. The van der Waals surface area contributed by atoms with Crippen LogP contribution in [0.1, 0.15) is 30.2 Å². The summed E-state index contributed by atoms with van der Waals surface area (Å²) in [4.78, 5) is 0. The number of methoxy groups -OCH3 is 2. The molecule has 0 heterocycles. The molecule has 0 bridgehead atoms. The summed E-state index contributed by atoms with van der Waals surface area (Å²) in [5.74, 6) is -0.0958. The van der Waals surface area contributed by atoms with Crippen LogP contribution in [-0.4, -0.2) is 25.9 Å². The molecule has 2 atom stereocenters. The number of ether oxygens (including phenoxy) is 2. The van der Waals surface area contributed by atoms with Crippen molar-refractivity contribution >= 4 is 0 Å². The first-order valence-electron chi connectivity index (χ1n) is 7.54. The molecule has 0 fully saturated rings. The third kappa shape index (κ3) is 4.43. The van der Waals surface area contributed by atoms with E-state index in [4.69, 9.17) is 9.47 Å². The Balaban J connectivity index is 2.05. The number of rotatable bonds is 7. The number of aliphatic hydroxyl groups excluding tert-OH is 1. The van der Waals surface area contributed by atoms with Crippen molar-refractivity contribution in [3.05, 3.63) is 59.2 Å². The van der Waals surface area contributed by atoms with Gasteiger partial charge in [-0.2, -0.15) is 0 Å². The molecule has 2 rings (SSSR count). The molecule has 0 aromatic heterocycles. The lowest BCUT2D eigenvalue weighted by atomic mass is 10.1. The number of aliphatic hydroxyl groups is 1. The molecule has 24 heavy (non-hydrogen) atoms. The highest BCUT2D eigenvalue weighted by atomic mass is 19.1. The SMILES string of the molecule is COc1cc(OC)cc(C(O)CNC(C)c2ccc(F)cc2F)c1. The predicted molar refractivity (Wildman–Crippen MR) is 87.3 cm³/mol. The number of hydrogen-bond acceptors (Lipinski definition) is 4. The zero-order valence-electron chi connectivity index (χ0n) is 13.8. The Hall–Kier alpha value is -2.18. The normalized spacial score (nSPS) is 13.4. The molecule has 0 spiro atoms. The Labute approximate surface area is 140 Å². The first kappa shape index (κ1) is 18.2. The van der Waals surface area contributed by atoms with Gasteiger partial charge in [0.1, 0.15) is 23.1 Å². The summed E-state index contributed by atoms with van der Waals surface area (Å²) >= 11 is 0. The summed E-state index contributed by atoms with van der Waals surface area (Å²) in [5, 5.41) is 13.4. The first-order valence-corrected chi connectivity index (χ1v) is 7.54. The van der Waals surface area contributed by atoms with Gasteiger partial charge in [-0.25, -0.2) is 8.78 Å². The van der Waals surface area contributed by atoms with E-state index in [0.29, 0.717) is 22.6 Å². The molecule has 0 radical (unpaired) electrons. The van der Waals surface area contributed by atoms with Gasteiger partial charge in [0.05, 0.1) is 20.3 Å². The first-order chi connectivity index (χ1) is 11.4. The van der Waals surface area contributed by atoms with Gasteiger partial charge in [0, 0.05) is 30.3 Å². The molecule has 2 unspecified atom stereocenters. The third-order valence-electron chi connectivity index (χ3n) is 3.80. The molecule has 2 N–H and O–H groups in total. The van der Waals surface area contributed by atoms with Gasteiger partial charge in [-0.3, -0.25) is 0 Å². The fraction of sp³-hybridized carbons (Fsp3) is 0.333. The smallest absolute Gasteiger partial charge is 0.130 e. The molecule has 6 heteroatoms. The minimum absolute atomic E-state index is 0.189. The fourth-order valence-electron chi connectivity index (χ4n) is 2.39.